The van der Waals surface area contributed by atoms with Gasteiger partial charge in [0.25, 0.3) is 0 Å². The van der Waals surface area contributed by atoms with E-state index in [1.807, 2.05) is 13.0 Å². The first kappa shape index (κ1) is 19.7. The summed E-state index contributed by atoms with van der Waals surface area (Å²) in [4.78, 5) is 10.8. The molecule has 0 spiro atoms. The van der Waals surface area contributed by atoms with Crippen LogP contribution in [0.2, 0.25) is 0 Å². The molecule has 0 aliphatic carbocycles. The lowest BCUT2D eigenvalue weighted by Crippen LogP contribution is -2.38. The first-order valence-corrected chi connectivity index (χ1v) is 9.16. The summed E-state index contributed by atoms with van der Waals surface area (Å²) in [6, 6.07) is 13.4. The number of nitrogens with zero attached hydrogens (tertiary/aromatic N) is 3. The van der Waals surface area contributed by atoms with Crippen molar-refractivity contribution in [2.75, 3.05) is 31.1 Å². The van der Waals surface area contributed by atoms with Crippen LogP contribution in [0.25, 0.3) is 0 Å². The molecule has 1 heterocycles. The summed E-state index contributed by atoms with van der Waals surface area (Å²) in [6.07, 6.45) is 2.56. The van der Waals surface area contributed by atoms with Gasteiger partial charge in [0.1, 0.15) is 5.82 Å². The Morgan fingerprint density at radius 3 is 2.62 bits per heavy atom. The van der Waals surface area contributed by atoms with Crippen LogP contribution in [-0.4, -0.2) is 37.1 Å². The van der Waals surface area contributed by atoms with Crippen molar-refractivity contribution in [1.82, 2.24) is 15.6 Å². The molecule has 6 heteroatoms. The molecule has 2 rings (SSSR count). The first-order valence-electron chi connectivity index (χ1n) is 9.16. The molecule has 2 aromatic rings. The van der Waals surface area contributed by atoms with E-state index in [4.69, 9.17) is 0 Å². The molecule has 0 amide bonds. The van der Waals surface area contributed by atoms with Gasteiger partial charge in [0.2, 0.25) is 0 Å². The average molecular weight is 357 g/mol. The Hall–Kier alpha value is -2.63. The molecule has 1 aromatic heterocycles. The van der Waals surface area contributed by atoms with Crippen molar-refractivity contribution in [1.29, 1.82) is 0 Å². The fourth-order valence-corrected chi connectivity index (χ4v) is 2.62. The number of para-hydroxylation sites is 1. The van der Waals surface area contributed by atoms with Gasteiger partial charge in [0.05, 0.1) is 12.2 Å². The zero-order chi connectivity index (χ0) is 18.6. The molecule has 5 nitrogen and oxygen atoms in total. The number of anilines is 1. The van der Waals surface area contributed by atoms with Crippen molar-refractivity contribution >= 4 is 11.6 Å². The Morgan fingerprint density at radius 1 is 1.12 bits per heavy atom. The molecular weight excluding hydrogens is 329 g/mol. The van der Waals surface area contributed by atoms with E-state index in [0.29, 0.717) is 11.7 Å². The van der Waals surface area contributed by atoms with Gasteiger partial charge in [-0.05, 0) is 44.5 Å². The number of hydrogen-bond acceptors (Lipinski definition) is 3. The Labute approximate surface area is 155 Å². The van der Waals surface area contributed by atoms with Crippen LogP contribution in [-0.2, 0) is 6.54 Å². The summed E-state index contributed by atoms with van der Waals surface area (Å²) in [5, 5.41) is 6.48. The highest BCUT2D eigenvalue weighted by molar-refractivity contribution is 5.79. The summed E-state index contributed by atoms with van der Waals surface area (Å²) < 4.78 is 13.6. The monoisotopic (exact) mass is 357 g/mol. The number of aliphatic imine (C=N–C) groups is 1. The van der Waals surface area contributed by atoms with E-state index in [0.717, 1.165) is 32.6 Å². The molecule has 0 fully saturated rings. The molecule has 0 saturated carbocycles. The van der Waals surface area contributed by atoms with Gasteiger partial charge in [-0.1, -0.05) is 18.2 Å². The summed E-state index contributed by atoms with van der Waals surface area (Å²) in [5.41, 5.74) is 1.59. The van der Waals surface area contributed by atoms with Gasteiger partial charge >= 0.3 is 0 Å². The van der Waals surface area contributed by atoms with Crippen LogP contribution in [0.1, 0.15) is 26.0 Å². The third-order valence-electron chi connectivity index (χ3n) is 3.97. The zero-order valence-electron chi connectivity index (χ0n) is 15.6. The predicted molar refractivity (Wildman–Crippen MR) is 106 cm³/mol. The quantitative estimate of drug-likeness (QED) is 0.411. The minimum Gasteiger partial charge on any atom is -0.372 e. The standard InChI is InChI=1S/C20H28FN5/c1-3-22-20(25-16-19-18(21)12-8-13-23-19)24-14-9-15-26(4-2)17-10-6-5-7-11-17/h5-8,10-13H,3-4,9,14-16H2,1-2H3,(H2,22,24,25). The van der Waals surface area contributed by atoms with Crippen molar-refractivity contribution < 1.29 is 4.39 Å². The second-order valence-electron chi connectivity index (χ2n) is 5.82. The van der Waals surface area contributed by atoms with Crippen molar-refractivity contribution in [3.63, 3.8) is 0 Å². The highest BCUT2D eigenvalue weighted by atomic mass is 19.1. The number of hydrogen-bond donors (Lipinski definition) is 2. The van der Waals surface area contributed by atoms with Gasteiger partial charge in [-0.25, -0.2) is 9.38 Å². The van der Waals surface area contributed by atoms with Crippen molar-refractivity contribution in [3.8, 4) is 0 Å². The van der Waals surface area contributed by atoms with Gasteiger partial charge < -0.3 is 15.5 Å². The Morgan fingerprint density at radius 2 is 1.92 bits per heavy atom. The Kier molecular flexibility index (Phi) is 8.39. The maximum Gasteiger partial charge on any atom is 0.191 e. The molecule has 1 aromatic carbocycles. The number of pyridine rings is 1. The molecule has 2 N–H and O–H groups in total. The largest absolute Gasteiger partial charge is 0.372 e. The summed E-state index contributed by atoms with van der Waals surface area (Å²) in [6.45, 7) is 7.85. The summed E-state index contributed by atoms with van der Waals surface area (Å²) >= 11 is 0. The Balaban J connectivity index is 1.82. The molecule has 0 atom stereocenters. The van der Waals surface area contributed by atoms with Gasteiger partial charge in [-0.3, -0.25) is 4.98 Å². The van der Waals surface area contributed by atoms with E-state index < -0.39 is 0 Å². The summed E-state index contributed by atoms with van der Waals surface area (Å²) in [7, 11) is 0. The van der Waals surface area contributed by atoms with Crippen LogP contribution in [0.5, 0.6) is 0 Å². The second kappa shape index (κ2) is 11.1. The van der Waals surface area contributed by atoms with Gasteiger partial charge in [0, 0.05) is 38.1 Å². The van der Waals surface area contributed by atoms with Gasteiger partial charge in [0.15, 0.2) is 5.96 Å². The number of rotatable bonds is 9. The predicted octanol–water partition coefficient (Wildman–Crippen LogP) is 3.19. The van der Waals surface area contributed by atoms with Crippen LogP contribution < -0.4 is 15.5 Å². The Bertz CT molecular complexity index is 675. The van der Waals surface area contributed by atoms with Crippen LogP contribution in [0.4, 0.5) is 10.1 Å². The molecular formula is C20H28FN5. The molecule has 0 aliphatic heterocycles. The average Bonchev–Trinajstić information content (AvgIpc) is 2.68. The summed E-state index contributed by atoms with van der Waals surface area (Å²) in [5.74, 6) is 0.355. The van der Waals surface area contributed by atoms with Crippen LogP contribution in [0.15, 0.2) is 53.7 Å². The van der Waals surface area contributed by atoms with Crippen LogP contribution in [0, 0.1) is 5.82 Å². The fraction of sp³-hybridized carbons (Fsp3) is 0.400. The van der Waals surface area contributed by atoms with E-state index in [1.165, 1.54) is 11.8 Å². The topological polar surface area (TPSA) is 52.6 Å². The zero-order valence-corrected chi connectivity index (χ0v) is 15.6. The van der Waals surface area contributed by atoms with Crippen molar-refractivity contribution in [2.45, 2.75) is 26.8 Å². The third kappa shape index (κ3) is 6.35. The number of benzene rings is 1. The third-order valence-corrected chi connectivity index (χ3v) is 3.97. The maximum atomic E-state index is 13.6. The number of guanidine groups is 1. The maximum absolute atomic E-state index is 13.6. The van der Waals surface area contributed by atoms with Crippen LogP contribution in [0.3, 0.4) is 0 Å². The van der Waals surface area contributed by atoms with Crippen LogP contribution >= 0.6 is 0 Å². The fourth-order valence-electron chi connectivity index (χ4n) is 2.62. The highest BCUT2D eigenvalue weighted by Gasteiger charge is 2.05. The van der Waals surface area contributed by atoms with E-state index in [-0.39, 0.29) is 12.4 Å². The lowest BCUT2D eigenvalue weighted by Gasteiger charge is -2.23. The molecule has 0 saturated heterocycles. The van der Waals surface area contributed by atoms with E-state index in [9.17, 15) is 4.39 Å². The molecule has 0 bridgehead atoms. The van der Waals surface area contributed by atoms with E-state index >= 15 is 0 Å². The first-order chi connectivity index (χ1) is 12.7. The minimum atomic E-state index is -0.325. The normalized spacial score (nSPS) is 11.3. The SMILES string of the molecule is CCNC(=NCc1ncccc1F)NCCCN(CC)c1ccccc1. The lowest BCUT2D eigenvalue weighted by atomic mass is 10.2. The second-order valence-corrected chi connectivity index (χ2v) is 5.82. The molecule has 26 heavy (non-hydrogen) atoms. The molecule has 0 aliphatic rings. The number of aromatic nitrogens is 1. The molecule has 140 valence electrons. The van der Waals surface area contributed by atoms with E-state index in [1.54, 1.807) is 12.3 Å². The van der Waals surface area contributed by atoms with Gasteiger partial charge in [-0.2, -0.15) is 0 Å². The van der Waals surface area contributed by atoms with Gasteiger partial charge in [-0.15, -0.1) is 0 Å². The highest BCUT2D eigenvalue weighted by Crippen LogP contribution is 2.12. The lowest BCUT2D eigenvalue weighted by molar-refractivity contribution is 0.599. The minimum absolute atomic E-state index is 0.215. The van der Waals surface area contributed by atoms with Crippen molar-refractivity contribution in [3.05, 3.63) is 60.2 Å². The molecule has 0 radical (unpaired) electrons. The van der Waals surface area contributed by atoms with E-state index in [2.05, 4.69) is 56.7 Å². The number of halogens is 1. The van der Waals surface area contributed by atoms with Crippen molar-refractivity contribution in [2.24, 2.45) is 4.99 Å². The molecule has 0 unspecified atom stereocenters. The number of nitrogens with one attached hydrogen (secondary N) is 2. The smallest absolute Gasteiger partial charge is 0.191 e.